The van der Waals surface area contributed by atoms with Crippen LogP contribution in [-0.2, 0) is 19.0 Å². The minimum absolute atomic E-state index is 0.261. The van der Waals surface area contributed by atoms with Gasteiger partial charge >= 0.3 is 5.97 Å². The van der Waals surface area contributed by atoms with Crippen molar-refractivity contribution in [2.24, 2.45) is 16.7 Å². The molecule has 1 fully saturated rings. The Balaban J connectivity index is 1.81. The Hall–Kier alpha value is -1.69. The lowest BCUT2D eigenvalue weighted by atomic mass is 9.50. The molecule has 0 bridgehead atoms. The predicted octanol–water partition coefficient (Wildman–Crippen LogP) is 5.61. The molecule has 3 rings (SSSR count). The highest BCUT2D eigenvalue weighted by Crippen LogP contribution is 2.60. The number of allylic oxidation sites excluding steroid dienone is 4. The number of aliphatic hydroxyl groups is 1. The van der Waals surface area contributed by atoms with Crippen LogP contribution in [0.2, 0.25) is 0 Å². The van der Waals surface area contributed by atoms with E-state index in [1.54, 1.807) is 31.4 Å². The first kappa shape index (κ1) is 24.9. The molecule has 1 N–H and O–H groups in total. The fraction of sp³-hybridized carbons (Fsp3) is 0.667. The molecule has 0 amide bonds. The zero-order chi connectivity index (χ0) is 23.5. The molecule has 1 saturated carbocycles. The van der Waals surface area contributed by atoms with Crippen molar-refractivity contribution in [3.05, 3.63) is 46.6 Å². The van der Waals surface area contributed by atoms with Crippen molar-refractivity contribution >= 4 is 5.97 Å². The van der Waals surface area contributed by atoms with Crippen LogP contribution in [0.3, 0.4) is 0 Å². The van der Waals surface area contributed by atoms with Crippen molar-refractivity contribution < 1.29 is 24.1 Å². The van der Waals surface area contributed by atoms with Crippen molar-refractivity contribution in [3.63, 3.8) is 0 Å². The maximum atomic E-state index is 11.3. The van der Waals surface area contributed by atoms with E-state index < -0.39 is 18.5 Å². The van der Waals surface area contributed by atoms with E-state index in [1.807, 2.05) is 12.2 Å². The third-order valence-electron chi connectivity index (χ3n) is 8.03. The van der Waals surface area contributed by atoms with E-state index in [1.165, 1.54) is 38.2 Å². The molecule has 2 unspecified atom stereocenters. The molecule has 0 aromatic carbocycles. The molecule has 32 heavy (non-hydrogen) atoms. The second-order valence-electron chi connectivity index (χ2n) is 10.4. The number of carbonyl (C=O) groups excluding carboxylic acids is 1. The van der Waals surface area contributed by atoms with Crippen LogP contribution in [0.4, 0.5) is 0 Å². The molecule has 3 atom stereocenters. The van der Waals surface area contributed by atoms with E-state index in [4.69, 9.17) is 14.2 Å². The van der Waals surface area contributed by atoms with E-state index in [0.717, 1.165) is 24.3 Å². The molecular formula is C27H40O5. The Morgan fingerprint density at radius 3 is 2.62 bits per heavy atom. The highest BCUT2D eigenvalue weighted by Gasteiger charge is 2.49. The third kappa shape index (κ3) is 5.11. The average molecular weight is 445 g/mol. The van der Waals surface area contributed by atoms with E-state index in [2.05, 4.69) is 27.7 Å². The summed E-state index contributed by atoms with van der Waals surface area (Å²) in [4.78, 5) is 11.3. The number of hydrogen-bond donors (Lipinski definition) is 1. The van der Waals surface area contributed by atoms with Crippen LogP contribution in [-0.4, -0.2) is 37.9 Å². The molecule has 1 aliphatic heterocycles. The number of methoxy groups -OCH3 is 2. The van der Waals surface area contributed by atoms with Gasteiger partial charge in [0.1, 0.15) is 0 Å². The molecule has 0 saturated heterocycles. The summed E-state index contributed by atoms with van der Waals surface area (Å²) in [5.41, 5.74) is 5.30. The second kappa shape index (κ2) is 10.1. The quantitative estimate of drug-likeness (QED) is 0.228. The Kier molecular flexibility index (Phi) is 7.85. The van der Waals surface area contributed by atoms with E-state index in [-0.39, 0.29) is 5.41 Å². The SMILES string of the molecule is COC(OC)/C(=C/C=C/C1=CC(=O)OC1O)CCC1=C(C)CCC2C(C)(C)CCC[C@]12C. The Morgan fingerprint density at radius 1 is 1.28 bits per heavy atom. The maximum absolute atomic E-state index is 11.3. The topological polar surface area (TPSA) is 65.0 Å². The standard InChI is InChI=1S/C27H40O5/c1-18-11-14-22-26(2,3)15-8-16-27(22,4)21(18)13-12-19(25(30-5)31-6)9-7-10-20-17-23(28)32-24(20)29/h7,9-10,17,22,24-25,29H,8,11-16H2,1-6H3/b10-7+,19-9+/t22?,24?,27-/m1/s1. The second-order valence-corrected chi connectivity index (χ2v) is 10.4. The normalized spacial score (nSPS) is 30.7. The molecule has 1 heterocycles. The number of fused-ring (bicyclic) bond motifs is 1. The van der Waals surface area contributed by atoms with Crippen LogP contribution in [0.25, 0.3) is 0 Å². The van der Waals surface area contributed by atoms with Gasteiger partial charge in [0, 0.05) is 25.9 Å². The van der Waals surface area contributed by atoms with Gasteiger partial charge in [-0.3, -0.25) is 0 Å². The molecule has 0 aromatic rings. The monoisotopic (exact) mass is 444 g/mol. The van der Waals surface area contributed by atoms with E-state index >= 15 is 0 Å². The summed E-state index contributed by atoms with van der Waals surface area (Å²) in [6.07, 6.45) is 13.4. The molecule has 0 aromatic heterocycles. The first-order valence-electron chi connectivity index (χ1n) is 11.8. The van der Waals surface area contributed by atoms with Gasteiger partial charge in [-0.05, 0) is 67.8 Å². The molecular weight excluding hydrogens is 404 g/mol. The van der Waals surface area contributed by atoms with E-state index in [9.17, 15) is 9.90 Å². The first-order valence-corrected chi connectivity index (χ1v) is 11.8. The lowest BCUT2D eigenvalue weighted by molar-refractivity contribution is -0.150. The summed E-state index contributed by atoms with van der Waals surface area (Å²) in [7, 11) is 3.29. The predicted molar refractivity (Wildman–Crippen MR) is 126 cm³/mol. The molecule has 2 aliphatic carbocycles. The number of cyclic esters (lactones) is 1. The molecule has 3 aliphatic rings. The van der Waals surface area contributed by atoms with Gasteiger partial charge in [0.15, 0.2) is 6.29 Å². The number of hydrogen-bond acceptors (Lipinski definition) is 5. The van der Waals surface area contributed by atoms with Crippen molar-refractivity contribution in [1.82, 2.24) is 0 Å². The Morgan fingerprint density at radius 2 is 2.00 bits per heavy atom. The lowest BCUT2D eigenvalue weighted by Crippen LogP contribution is -2.45. The molecule has 0 radical (unpaired) electrons. The highest BCUT2D eigenvalue weighted by molar-refractivity contribution is 5.86. The largest absolute Gasteiger partial charge is 0.428 e. The highest BCUT2D eigenvalue weighted by atomic mass is 16.7. The van der Waals surface area contributed by atoms with E-state index in [0.29, 0.717) is 11.0 Å². The summed E-state index contributed by atoms with van der Waals surface area (Å²) >= 11 is 0. The summed E-state index contributed by atoms with van der Waals surface area (Å²) < 4.78 is 15.9. The van der Waals surface area contributed by atoms with Crippen LogP contribution >= 0.6 is 0 Å². The summed E-state index contributed by atoms with van der Waals surface area (Å²) in [6.45, 7) is 9.72. The zero-order valence-electron chi connectivity index (χ0n) is 20.6. The summed E-state index contributed by atoms with van der Waals surface area (Å²) in [6, 6.07) is 0. The van der Waals surface area contributed by atoms with Crippen LogP contribution in [0.15, 0.2) is 46.6 Å². The van der Waals surface area contributed by atoms with Gasteiger partial charge in [0.05, 0.1) is 0 Å². The first-order chi connectivity index (χ1) is 15.1. The Bertz CT molecular complexity index is 827. The number of esters is 1. The molecule has 0 spiro atoms. The smallest absolute Gasteiger partial charge is 0.333 e. The number of rotatable bonds is 8. The fourth-order valence-corrected chi connectivity index (χ4v) is 6.47. The average Bonchev–Trinajstić information content (AvgIpc) is 3.04. The lowest BCUT2D eigenvalue weighted by Gasteiger charge is -2.55. The zero-order valence-corrected chi connectivity index (χ0v) is 20.6. The summed E-state index contributed by atoms with van der Waals surface area (Å²) in [5.74, 6) is 0.203. The van der Waals surface area contributed by atoms with Crippen molar-refractivity contribution in [2.75, 3.05) is 14.2 Å². The van der Waals surface area contributed by atoms with Crippen LogP contribution < -0.4 is 0 Å². The van der Waals surface area contributed by atoms with Gasteiger partial charge in [0.2, 0.25) is 6.29 Å². The van der Waals surface area contributed by atoms with Crippen LogP contribution in [0.5, 0.6) is 0 Å². The van der Waals surface area contributed by atoms with Crippen molar-refractivity contribution in [3.8, 4) is 0 Å². The van der Waals surface area contributed by atoms with Gasteiger partial charge in [-0.25, -0.2) is 4.79 Å². The Labute approximate surface area is 193 Å². The third-order valence-corrected chi connectivity index (χ3v) is 8.03. The maximum Gasteiger partial charge on any atom is 0.333 e. The minimum atomic E-state index is -1.20. The van der Waals surface area contributed by atoms with Gasteiger partial charge in [-0.1, -0.05) is 56.6 Å². The molecule has 5 nitrogen and oxygen atoms in total. The molecule has 5 heteroatoms. The van der Waals surface area contributed by atoms with Crippen LogP contribution in [0.1, 0.15) is 72.6 Å². The number of ether oxygens (including phenoxy) is 3. The van der Waals surface area contributed by atoms with Gasteiger partial charge in [-0.15, -0.1) is 0 Å². The van der Waals surface area contributed by atoms with Crippen LogP contribution in [0, 0.1) is 16.7 Å². The van der Waals surface area contributed by atoms with Gasteiger partial charge in [-0.2, -0.15) is 0 Å². The van der Waals surface area contributed by atoms with Gasteiger partial charge in [0.25, 0.3) is 0 Å². The fourth-order valence-electron chi connectivity index (χ4n) is 6.47. The van der Waals surface area contributed by atoms with Gasteiger partial charge < -0.3 is 19.3 Å². The summed E-state index contributed by atoms with van der Waals surface area (Å²) in [5, 5.41) is 9.77. The number of carbonyl (C=O) groups is 1. The van der Waals surface area contributed by atoms with Crippen molar-refractivity contribution in [1.29, 1.82) is 0 Å². The number of aliphatic hydroxyl groups excluding tert-OH is 1. The van der Waals surface area contributed by atoms with Crippen molar-refractivity contribution in [2.45, 2.75) is 85.2 Å². The molecule has 178 valence electrons. The minimum Gasteiger partial charge on any atom is -0.428 e.